The fourth-order valence-corrected chi connectivity index (χ4v) is 5.67. The van der Waals surface area contributed by atoms with Gasteiger partial charge in [0.05, 0.1) is 49.1 Å². The zero-order valence-electron chi connectivity index (χ0n) is 25.7. The number of hydrogen-bond donors (Lipinski definition) is 4. The second-order valence-electron chi connectivity index (χ2n) is 12.3. The van der Waals surface area contributed by atoms with Gasteiger partial charge in [0, 0.05) is 11.9 Å². The van der Waals surface area contributed by atoms with E-state index in [2.05, 4.69) is 16.1 Å². The smallest absolute Gasteiger partial charge is 0.258 e. The SMILES string of the molecule is CC1NC(=O)C(C(C)C)OC(O)C2(C=Cc3ccc4ccc(nc4c3)C(C)NC(=O)C3CCCN(N3)C1=O)COCCOC2. The van der Waals surface area contributed by atoms with E-state index in [0.717, 1.165) is 16.5 Å². The molecule has 1 aromatic heterocycles. The Hall–Kier alpha value is -3.42. The van der Waals surface area contributed by atoms with E-state index in [4.69, 9.17) is 19.2 Å². The third-order valence-electron chi connectivity index (χ3n) is 8.39. The number of benzene rings is 1. The van der Waals surface area contributed by atoms with Gasteiger partial charge in [-0.25, -0.2) is 5.43 Å². The molecule has 12 nitrogen and oxygen atoms in total. The number of aliphatic hydroxyl groups excluding tert-OH is 1. The van der Waals surface area contributed by atoms with Crippen molar-refractivity contribution in [3.8, 4) is 0 Å². The number of hydrogen-bond acceptors (Lipinski definition) is 9. The van der Waals surface area contributed by atoms with Crippen LogP contribution in [0.4, 0.5) is 0 Å². The van der Waals surface area contributed by atoms with Crippen molar-refractivity contribution in [3.05, 3.63) is 47.7 Å². The Balaban J connectivity index is 1.53. The zero-order chi connectivity index (χ0) is 31.4. The molecule has 5 rings (SSSR count). The number of amides is 3. The first-order valence-electron chi connectivity index (χ1n) is 15.3. The normalized spacial score (nSPS) is 29.0. The van der Waals surface area contributed by atoms with Crippen molar-refractivity contribution >= 4 is 34.7 Å². The number of hydrazine groups is 1. The lowest BCUT2D eigenvalue weighted by atomic mass is 9.87. The van der Waals surface area contributed by atoms with Crippen LogP contribution >= 0.6 is 0 Å². The number of aromatic nitrogens is 1. The van der Waals surface area contributed by atoms with Gasteiger partial charge in [0.2, 0.25) is 11.8 Å². The predicted octanol–water partition coefficient (Wildman–Crippen LogP) is 1.83. The summed E-state index contributed by atoms with van der Waals surface area (Å²) in [6.45, 7) is 8.41. The number of carbonyl (C=O) groups is 3. The Morgan fingerprint density at radius 2 is 1.70 bits per heavy atom. The van der Waals surface area contributed by atoms with Gasteiger partial charge in [0.1, 0.15) is 18.2 Å². The molecule has 5 unspecified atom stereocenters. The Bertz CT molecular complexity index is 1390. The molecule has 1 spiro atoms. The molecular formula is C32H43N5O7. The van der Waals surface area contributed by atoms with E-state index < -0.39 is 35.8 Å². The van der Waals surface area contributed by atoms with E-state index in [9.17, 15) is 19.5 Å². The number of ether oxygens (including phenoxy) is 3. The van der Waals surface area contributed by atoms with E-state index in [1.165, 1.54) is 5.01 Å². The molecular weight excluding hydrogens is 566 g/mol. The summed E-state index contributed by atoms with van der Waals surface area (Å²) in [4.78, 5) is 44.9. The molecule has 4 heterocycles. The summed E-state index contributed by atoms with van der Waals surface area (Å²) in [7, 11) is 0. The first-order chi connectivity index (χ1) is 21.1. The average Bonchev–Trinajstić information content (AvgIpc) is 3.27. The molecule has 3 aliphatic rings. The largest absolute Gasteiger partial charge is 0.378 e. The molecule has 3 amide bonds. The van der Waals surface area contributed by atoms with Crippen LogP contribution in [0.3, 0.4) is 0 Å². The Labute approximate surface area is 257 Å². The van der Waals surface area contributed by atoms with Crippen LogP contribution in [0.25, 0.3) is 17.0 Å². The minimum atomic E-state index is -1.46. The molecule has 5 bridgehead atoms. The lowest BCUT2D eigenvalue weighted by Crippen LogP contribution is -2.61. The summed E-state index contributed by atoms with van der Waals surface area (Å²) in [6, 6.07) is 7.79. The number of fused-ring (bicyclic) bond motifs is 4. The van der Waals surface area contributed by atoms with E-state index in [0.29, 0.717) is 38.3 Å². The summed E-state index contributed by atoms with van der Waals surface area (Å²) in [6.07, 6.45) is 2.31. The molecule has 2 aromatic rings. The monoisotopic (exact) mass is 609 g/mol. The average molecular weight is 610 g/mol. The lowest BCUT2D eigenvalue weighted by Gasteiger charge is -2.37. The van der Waals surface area contributed by atoms with Crippen molar-refractivity contribution in [1.29, 1.82) is 0 Å². The summed E-state index contributed by atoms with van der Waals surface area (Å²) in [5.41, 5.74) is 4.20. The number of carbonyl (C=O) groups excluding carboxylic acids is 3. The number of nitrogens with one attached hydrogen (secondary N) is 3. The lowest BCUT2D eigenvalue weighted by molar-refractivity contribution is -0.213. The van der Waals surface area contributed by atoms with Crippen molar-refractivity contribution in [2.24, 2.45) is 11.3 Å². The van der Waals surface area contributed by atoms with Gasteiger partial charge in [0.15, 0.2) is 6.29 Å². The predicted molar refractivity (Wildman–Crippen MR) is 163 cm³/mol. The maximum absolute atomic E-state index is 13.5. The van der Waals surface area contributed by atoms with Crippen LogP contribution in [0, 0.1) is 11.3 Å². The quantitative estimate of drug-likeness (QED) is 0.380. The number of aliphatic hydroxyl groups is 1. The Morgan fingerprint density at radius 1 is 1.00 bits per heavy atom. The molecule has 12 heteroatoms. The van der Waals surface area contributed by atoms with Crippen molar-refractivity contribution in [2.75, 3.05) is 33.0 Å². The van der Waals surface area contributed by atoms with Crippen LogP contribution in [-0.2, 0) is 28.6 Å². The van der Waals surface area contributed by atoms with Gasteiger partial charge in [-0.1, -0.05) is 44.2 Å². The highest BCUT2D eigenvalue weighted by Gasteiger charge is 2.42. The fourth-order valence-electron chi connectivity index (χ4n) is 5.67. The van der Waals surface area contributed by atoms with E-state index in [1.54, 1.807) is 26.8 Å². The minimum absolute atomic E-state index is 0.112. The van der Waals surface area contributed by atoms with Crippen molar-refractivity contribution < 1.29 is 33.7 Å². The minimum Gasteiger partial charge on any atom is -0.378 e. The molecule has 0 radical (unpaired) electrons. The summed E-state index contributed by atoms with van der Waals surface area (Å²) in [5.74, 6) is -1.48. The first-order valence-corrected chi connectivity index (χ1v) is 15.3. The standard InChI is InChI=1S/C32H43N5O7/c1-19(2)27-29(39)34-21(4)30(40)37-13-5-6-25(36-37)28(38)33-20(3)24-10-9-23-8-7-22(16-26(23)35-24)11-12-32(31(41)44-27)17-42-14-15-43-18-32/h7-12,16,19-21,25,27,31,36,41H,5-6,13-15,17-18H2,1-4H3,(H,33,38)(H,34,39). The van der Waals surface area contributed by atoms with Gasteiger partial charge in [-0.3, -0.25) is 24.4 Å². The van der Waals surface area contributed by atoms with Crippen LogP contribution in [0.2, 0.25) is 0 Å². The molecule has 0 aliphatic carbocycles. The van der Waals surface area contributed by atoms with Crippen LogP contribution in [0.1, 0.15) is 57.8 Å². The Kier molecular flexibility index (Phi) is 9.96. The summed E-state index contributed by atoms with van der Waals surface area (Å²) in [5, 5.41) is 19.6. The highest BCUT2D eigenvalue weighted by Crippen LogP contribution is 2.32. The van der Waals surface area contributed by atoms with Gasteiger partial charge >= 0.3 is 0 Å². The third kappa shape index (κ3) is 7.10. The zero-order valence-corrected chi connectivity index (χ0v) is 25.7. The van der Waals surface area contributed by atoms with E-state index in [1.807, 2.05) is 43.3 Å². The van der Waals surface area contributed by atoms with Crippen LogP contribution in [-0.4, -0.2) is 90.3 Å². The number of nitrogens with zero attached hydrogens (tertiary/aromatic N) is 2. The van der Waals surface area contributed by atoms with Gasteiger partial charge in [-0.15, -0.1) is 0 Å². The van der Waals surface area contributed by atoms with Crippen LogP contribution in [0.5, 0.6) is 0 Å². The van der Waals surface area contributed by atoms with Crippen molar-refractivity contribution in [1.82, 2.24) is 26.1 Å². The third-order valence-corrected chi connectivity index (χ3v) is 8.39. The molecule has 4 N–H and O–H groups in total. The van der Waals surface area contributed by atoms with Gasteiger partial charge < -0.3 is 30.0 Å². The fraction of sp³-hybridized carbons (Fsp3) is 0.562. The topological polar surface area (TPSA) is 151 Å². The molecule has 2 saturated heterocycles. The summed E-state index contributed by atoms with van der Waals surface area (Å²) < 4.78 is 17.7. The maximum Gasteiger partial charge on any atom is 0.258 e. The van der Waals surface area contributed by atoms with E-state index >= 15 is 0 Å². The van der Waals surface area contributed by atoms with Crippen LogP contribution in [0.15, 0.2) is 36.4 Å². The van der Waals surface area contributed by atoms with Crippen LogP contribution < -0.4 is 16.1 Å². The molecule has 3 aliphatic heterocycles. The highest BCUT2D eigenvalue weighted by atomic mass is 16.6. The maximum atomic E-state index is 13.5. The van der Waals surface area contributed by atoms with Crippen molar-refractivity contribution in [3.63, 3.8) is 0 Å². The molecule has 2 fully saturated rings. The van der Waals surface area contributed by atoms with Crippen molar-refractivity contribution in [2.45, 2.75) is 71.1 Å². The molecule has 1 aromatic carbocycles. The second kappa shape index (κ2) is 13.7. The van der Waals surface area contributed by atoms with E-state index in [-0.39, 0.29) is 37.0 Å². The number of rotatable bonds is 1. The first kappa shape index (κ1) is 32.0. The highest BCUT2D eigenvalue weighted by molar-refractivity contribution is 5.90. The Morgan fingerprint density at radius 3 is 2.43 bits per heavy atom. The summed E-state index contributed by atoms with van der Waals surface area (Å²) >= 11 is 0. The molecule has 0 saturated carbocycles. The molecule has 238 valence electrons. The molecule has 5 atom stereocenters. The van der Waals surface area contributed by atoms with Gasteiger partial charge in [-0.2, -0.15) is 0 Å². The second-order valence-corrected chi connectivity index (χ2v) is 12.3. The van der Waals surface area contributed by atoms with Gasteiger partial charge in [0.25, 0.3) is 5.91 Å². The number of pyridine rings is 1. The van der Waals surface area contributed by atoms with Gasteiger partial charge in [-0.05, 0) is 50.3 Å². The molecule has 44 heavy (non-hydrogen) atoms.